The van der Waals surface area contributed by atoms with Gasteiger partial charge in [-0.25, -0.2) is 13.1 Å². The van der Waals surface area contributed by atoms with Crippen LogP contribution < -0.4 is 4.72 Å². The van der Waals surface area contributed by atoms with Gasteiger partial charge in [-0.05, 0) is 35.9 Å². The third-order valence-corrected chi connectivity index (χ3v) is 4.48. The van der Waals surface area contributed by atoms with Gasteiger partial charge < -0.3 is 0 Å². The summed E-state index contributed by atoms with van der Waals surface area (Å²) < 4.78 is 26.8. The van der Waals surface area contributed by atoms with Gasteiger partial charge in [0.25, 0.3) is 15.9 Å². The lowest BCUT2D eigenvalue weighted by Crippen LogP contribution is -2.28. The highest BCUT2D eigenvalue weighted by Crippen LogP contribution is 2.11. The number of hydrogen-bond donors (Lipinski definition) is 1. The average molecular weight is 366 g/mol. The number of benzene rings is 2. The van der Waals surface area contributed by atoms with Crippen LogP contribution in [-0.2, 0) is 14.8 Å². The number of carbonyl (C=O) groups is 1. The van der Waals surface area contributed by atoms with E-state index in [0.717, 1.165) is 10.0 Å². The van der Waals surface area contributed by atoms with E-state index in [2.05, 4.69) is 15.9 Å². The Morgan fingerprint density at radius 2 is 1.62 bits per heavy atom. The molecular formula is C15H12BrNO3S. The molecule has 1 N–H and O–H groups in total. The average Bonchev–Trinajstić information content (AvgIpc) is 2.47. The van der Waals surface area contributed by atoms with E-state index in [4.69, 9.17) is 0 Å². The fourth-order valence-electron chi connectivity index (χ4n) is 1.57. The standard InChI is InChI=1S/C15H12BrNO3S/c16-13-9-6-12(7-10-13)8-11-15(18)17-21(19,20)14-4-2-1-3-5-14/h1-11H,(H,17,18). The van der Waals surface area contributed by atoms with Gasteiger partial charge in [0.1, 0.15) is 0 Å². The van der Waals surface area contributed by atoms with Crippen LogP contribution in [0.15, 0.2) is 70.0 Å². The third-order valence-electron chi connectivity index (χ3n) is 2.59. The van der Waals surface area contributed by atoms with Gasteiger partial charge in [-0.15, -0.1) is 0 Å². The molecule has 4 nitrogen and oxygen atoms in total. The predicted octanol–water partition coefficient (Wildman–Crippen LogP) is 2.97. The lowest BCUT2D eigenvalue weighted by atomic mass is 10.2. The molecule has 2 aromatic carbocycles. The van der Waals surface area contributed by atoms with Crippen molar-refractivity contribution >= 4 is 37.9 Å². The molecule has 0 atom stereocenters. The second-order valence-electron chi connectivity index (χ2n) is 4.17. The van der Waals surface area contributed by atoms with E-state index in [9.17, 15) is 13.2 Å². The maximum absolute atomic E-state index is 11.9. The van der Waals surface area contributed by atoms with Gasteiger partial charge in [-0.1, -0.05) is 46.3 Å². The summed E-state index contributed by atoms with van der Waals surface area (Å²) in [5, 5.41) is 0. The molecule has 0 unspecified atom stereocenters. The Balaban J connectivity index is 2.06. The molecule has 0 aliphatic rings. The van der Waals surface area contributed by atoms with Crippen molar-refractivity contribution in [3.63, 3.8) is 0 Å². The second kappa shape index (κ2) is 6.69. The zero-order chi connectivity index (χ0) is 15.3. The molecule has 1 amide bonds. The van der Waals surface area contributed by atoms with Crippen LogP contribution in [0.1, 0.15) is 5.56 Å². The molecule has 108 valence electrons. The van der Waals surface area contributed by atoms with Gasteiger partial charge in [0.05, 0.1) is 4.90 Å². The minimum absolute atomic E-state index is 0.0513. The number of amides is 1. The topological polar surface area (TPSA) is 63.2 Å². The molecule has 0 heterocycles. The van der Waals surface area contributed by atoms with Crippen LogP contribution in [0.4, 0.5) is 0 Å². The van der Waals surface area contributed by atoms with Crippen molar-refractivity contribution in [3.05, 3.63) is 70.7 Å². The van der Waals surface area contributed by atoms with E-state index in [1.165, 1.54) is 18.2 Å². The van der Waals surface area contributed by atoms with Gasteiger partial charge >= 0.3 is 0 Å². The van der Waals surface area contributed by atoms with Crippen molar-refractivity contribution in [3.8, 4) is 0 Å². The van der Waals surface area contributed by atoms with Crippen molar-refractivity contribution in [2.75, 3.05) is 0 Å². The molecule has 0 aliphatic carbocycles. The molecule has 0 spiro atoms. The molecule has 0 radical (unpaired) electrons. The van der Waals surface area contributed by atoms with Crippen LogP contribution in [0.25, 0.3) is 6.08 Å². The molecule has 2 aromatic rings. The van der Waals surface area contributed by atoms with Crippen LogP contribution in [0.3, 0.4) is 0 Å². The van der Waals surface area contributed by atoms with Crippen molar-refractivity contribution in [1.29, 1.82) is 0 Å². The highest BCUT2D eigenvalue weighted by molar-refractivity contribution is 9.10. The van der Waals surface area contributed by atoms with Crippen molar-refractivity contribution in [2.45, 2.75) is 4.90 Å². The summed E-state index contributed by atoms with van der Waals surface area (Å²) in [7, 11) is -3.83. The number of hydrogen-bond acceptors (Lipinski definition) is 3. The monoisotopic (exact) mass is 365 g/mol. The van der Waals surface area contributed by atoms with Crippen molar-refractivity contribution in [2.24, 2.45) is 0 Å². The zero-order valence-electron chi connectivity index (χ0n) is 10.9. The van der Waals surface area contributed by atoms with Crippen molar-refractivity contribution in [1.82, 2.24) is 4.72 Å². The molecule has 0 saturated heterocycles. The summed E-state index contributed by atoms with van der Waals surface area (Å²) in [5.41, 5.74) is 0.797. The van der Waals surface area contributed by atoms with E-state index in [-0.39, 0.29) is 4.90 Å². The summed E-state index contributed by atoms with van der Waals surface area (Å²) in [6.45, 7) is 0. The van der Waals surface area contributed by atoms with Gasteiger partial charge in [-0.2, -0.15) is 0 Å². The summed E-state index contributed by atoms with van der Waals surface area (Å²) in [6, 6.07) is 15.0. The van der Waals surface area contributed by atoms with E-state index < -0.39 is 15.9 Å². The largest absolute Gasteiger partial charge is 0.269 e. The van der Waals surface area contributed by atoms with E-state index >= 15 is 0 Å². The Bertz CT molecular complexity index is 753. The summed E-state index contributed by atoms with van der Waals surface area (Å²) >= 11 is 3.31. The quantitative estimate of drug-likeness (QED) is 0.847. The molecule has 0 aromatic heterocycles. The Labute approximate surface area is 131 Å². The molecule has 2 rings (SSSR count). The molecular weight excluding hydrogens is 354 g/mol. The fraction of sp³-hybridized carbons (Fsp3) is 0. The Hall–Kier alpha value is -1.92. The minimum Gasteiger partial charge on any atom is -0.269 e. The van der Waals surface area contributed by atoms with Crippen LogP contribution in [0.2, 0.25) is 0 Å². The first-order chi connectivity index (χ1) is 9.97. The highest BCUT2D eigenvalue weighted by atomic mass is 79.9. The van der Waals surface area contributed by atoms with Crippen molar-refractivity contribution < 1.29 is 13.2 Å². The summed E-state index contributed by atoms with van der Waals surface area (Å²) in [5.74, 6) is -0.693. The maximum atomic E-state index is 11.9. The first kappa shape index (κ1) is 15.5. The molecule has 0 fully saturated rings. The Kier molecular flexibility index (Phi) is 4.93. The first-order valence-electron chi connectivity index (χ1n) is 6.03. The Morgan fingerprint density at radius 3 is 2.24 bits per heavy atom. The lowest BCUT2D eigenvalue weighted by Gasteiger charge is -2.04. The van der Waals surface area contributed by atoms with Gasteiger partial charge in [0.2, 0.25) is 0 Å². The molecule has 6 heteroatoms. The van der Waals surface area contributed by atoms with Crippen LogP contribution >= 0.6 is 15.9 Å². The maximum Gasteiger partial charge on any atom is 0.264 e. The molecule has 0 saturated carbocycles. The van der Waals surface area contributed by atoms with E-state index in [0.29, 0.717) is 0 Å². The zero-order valence-corrected chi connectivity index (χ0v) is 13.3. The normalized spacial score (nSPS) is 11.5. The smallest absolute Gasteiger partial charge is 0.264 e. The number of rotatable bonds is 4. The Morgan fingerprint density at radius 1 is 1.00 bits per heavy atom. The fourth-order valence-corrected chi connectivity index (χ4v) is 2.80. The number of halogens is 1. The van der Waals surface area contributed by atoms with Crippen LogP contribution in [0, 0.1) is 0 Å². The van der Waals surface area contributed by atoms with E-state index in [1.807, 2.05) is 16.9 Å². The van der Waals surface area contributed by atoms with Crippen LogP contribution in [-0.4, -0.2) is 14.3 Å². The highest BCUT2D eigenvalue weighted by Gasteiger charge is 2.15. The number of carbonyl (C=O) groups excluding carboxylic acids is 1. The predicted molar refractivity (Wildman–Crippen MR) is 84.9 cm³/mol. The molecule has 0 bridgehead atoms. The van der Waals surface area contributed by atoms with Gasteiger partial charge in [-0.3, -0.25) is 4.79 Å². The van der Waals surface area contributed by atoms with Gasteiger partial charge in [0.15, 0.2) is 0 Å². The SMILES string of the molecule is O=C(C=Cc1ccc(Br)cc1)NS(=O)(=O)c1ccccc1. The third kappa shape index (κ3) is 4.54. The summed E-state index contributed by atoms with van der Waals surface area (Å²) in [6.07, 6.45) is 2.73. The second-order valence-corrected chi connectivity index (χ2v) is 6.77. The number of sulfonamides is 1. The van der Waals surface area contributed by atoms with Crippen LogP contribution in [0.5, 0.6) is 0 Å². The minimum atomic E-state index is -3.83. The molecule has 21 heavy (non-hydrogen) atoms. The summed E-state index contributed by atoms with van der Waals surface area (Å²) in [4.78, 5) is 11.7. The molecule has 0 aliphatic heterocycles. The lowest BCUT2D eigenvalue weighted by molar-refractivity contribution is -0.114. The number of nitrogens with one attached hydrogen (secondary N) is 1. The van der Waals surface area contributed by atoms with E-state index in [1.54, 1.807) is 36.4 Å². The first-order valence-corrected chi connectivity index (χ1v) is 8.30. The van der Waals surface area contributed by atoms with Gasteiger partial charge in [0, 0.05) is 10.5 Å².